The van der Waals surface area contributed by atoms with Gasteiger partial charge in [0.05, 0.1) is 6.61 Å². The Morgan fingerprint density at radius 2 is 2.13 bits per heavy atom. The highest BCUT2D eigenvalue weighted by Gasteiger charge is 2.37. The van der Waals surface area contributed by atoms with Crippen LogP contribution in [0.2, 0.25) is 0 Å². The van der Waals surface area contributed by atoms with Gasteiger partial charge < -0.3 is 15.2 Å². The number of hydrogen-bond acceptors (Lipinski definition) is 4. The zero-order chi connectivity index (χ0) is 10.7. The summed E-state index contributed by atoms with van der Waals surface area (Å²) in [5, 5.41) is 13.2. The van der Waals surface area contributed by atoms with Crippen molar-refractivity contribution in [1.82, 2.24) is 5.32 Å². The van der Waals surface area contributed by atoms with E-state index in [1.165, 1.54) is 0 Å². The van der Waals surface area contributed by atoms with E-state index in [9.17, 15) is 5.11 Å². The number of hydrogen-bond donors (Lipinski definition) is 3. The molecule has 1 aliphatic heterocycles. The molecule has 2 unspecified atom stereocenters. The molecule has 0 amide bonds. The maximum Gasteiger partial charge on any atom is 0.159 e. The van der Waals surface area contributed by atoms with Gasteiger partial charge in [-0.3, -0.25) is 5.73 Å². The van der Waals surface area contributed by atoms with Gasteiger partial charge in [0.1, 0.15) is 6.10 Å². The van der Waals surface area contributed by atoms with Crippen molar-refractivity contribution in [3.63, 3.8) is 0 Å². The Morgan fingerprint density at radius 3 is 2.73 bits per heavy atom. The first-order chi connectivity index (χ1) is 7.22. The first-order valence-corrected chi connectivity index (χ1v) is 5.09. The molecule has 4 heteroatoms. The number of benzene rings is 1. The third-order valence-corrected chi connectivity index (χ3v) is 2.63. The van der Waals surface area contributed by atoms with Crippen LogP contribution in [0.15, 0.2) is 30.3 Å². The molecular weight excluding hydrogens is 192 g/mol. The zero-order valence-electron chi connectivity index (χ0n) is 8.52. The fourth-order valence-corrected chi connectivity index (χ4v) is 1.74. The molecule has 2 rings (SSSR count). The lowest BCUT2D eigenvalue weighted by Gasteiger charge is -2.37. The van der Waals surface area contributed by atoms with Crippen LogP contribution in [0.4, 0.5) is 0 Å². The maximum absolute atomic E-state index is 10.1. The van der Waals surface area contributed by atoms with Gasteiger partial charge in [-0.1, -0.05) is 30.3 Å². The minimum atomic E-state index is -1.01. The van der Waals surface area contributed by atoms with Crippen molar-refractivity contribution in [2.45, 2.75) is 11.8 Å². The van der Waals surface area contributed by atoms with Gasteiger partial charge in [-0.25, -0.2) is 0 Å². The SMILES string of the molecule is NC1(C(O)c2ccccc2)CNCCO1. The number of aliphatic hydroxyl groups excluding tert-OH is 1. The predicted molar refractivity (Wildman–Crippen MR) is 57.1 cm³/mol. The number of nitrogens with one attached hydrogen (secondary N) is 1. The van der Waals surface area contributed by atoms with Crippen molar-refractivity contribution in [1.29, 1.82) is 0 Å². The van der Waals surface area contributed by atoms with Crippen LogP contribution in [0.1, 0.15) is 11.7 Å². The normalized spacial score (nSPS) is 28.7. The Labute approximate surface area is 89.0 Å². The molecular formula is C11H16N2O2. The second-order valence-electron chi connectivity index (χ2n) is 3.79. The quantitative estimate of drug-likeness (QED) is 0.639. The first kappa shape index (κ1) is 10.6. The molecule has 1 aliphatic rings. The second kappa shape index (κ2) is 4.28. The van der Waals surface area contributed by atoms with E-state index in [0.29, 0.717) is 13.2 Å². The summed E-state index contributed by atoms with van der Waals surface area (Å²) < 4.78 is 5.45. The minimum Gasteiger partial charge on any atom is -0.384 e. The monoisotopic (exact) mass is 208 g/mol. The number of aliphatic hydroxyl groups is 1. The third kappa shape index (κ3) is 2.18. The van der Waals surface area contributed by atoms with Crippen molar-refractivity contribution in [2.75, 3.05) is 19.7 Å². The summed E-state index contributed by atoms with van der Waals surface area (Å²) >= 11 is 0. The van der Waals surface area contributed by atoms with E-state index in [4.69, 9.17) is 10.5 Å². The van der Waals surface area contributed by atoms with Crippen molar-refractivity contribution in [2.24, 2.45) is 5.73 Å². The number of rotatable bonds is 2. The molecule has 4 N–H and O–H groups in total. The van der Waals surface area contributed by atoms with Crippen LogP contribution in [0, 0.1) is 0 Å². The topological polar surface area (TPSA) is 67.5 Å². The summed E-state index contributed by atoms with van der Waals surface area (Å²) in [7, 11) is 0. The van der Waals surface area contributed by atoms with E-state index >= 15 is 0 Å². The average Bonchev–Trinajstić information content (AvgIpc) is 2.30. The van der Waals surface area contributed by atoms with Gasteiger partial charge in [0.2, 0.25) is 0 Å². The van der Waals surface area contributed by atoms with E-state index in [2.05, 4.69) is 5.32 Å². The van der Waals surface area contributed by atoms with Gasteiger partial charge in [-0.05, 0) is 5.56 Å². The van der Waals surface area contributed by atoms with Gasteiger partial charge in [-0.2, -0.15) is 0 Å². The molecule has 4 nitrogen and oxygen atoms in total. The Morgan fingerprint density at radius 1 is 1.40 bits per heavy atom. The number of nitrogens with two attached hydrogens (primary N) is 1. The minimum absolute atomic E-state index is 0.461. The number of ether oxygens (including phenoxy) is 1. The van der Waals surface area contributed by atoms with Crippen LogP contribution < -0.4 is 11.1 Å². The van der Waals surface area contributed by atoms with Crippen LogP contribution in [0.25, 0.3) is 0 Å². The van der Waals surface area contributed by atoms with Crippen LogP contribution in [0.5, 0.6) is 0 Å². The molecule has 0 bridgehead atoms. The molecule has 1 aromatic rings. The van der Waals surface area contributed by atoms with E-state index < -0.39 is 11.8 Å². The Bertz CT molecular complexity index is 310. The van der Waals surface area contributed by atoms with Gasteiger partial charge in [0, 0.05) is 13.1 Å². The summed E-state index contributed by atoms with van der Waals surface area (Å²) in [6, 6.07) is 9.34. The van der Waals surface area contributed by atoms with Gasteiger partial charge >= 0.3 is 0 Å². The van der Waals surface area contributed by atoms with E-state index in [1.54, 1.807) is 0 Å². The molecule has 0 aliphatic carbocycles. The van der Waals surface area contributed by atoms with Crippen molar-refractivity contribution < 1.29 is 9.84 Å². The molecule has 0 spiro atoms. The van der Waals surface area contributed by atoms with Crippen molar-refractivity contribution in [3.8, 4) is 0 Å². The van der Waals surface area contributed by atoms with Crippen molar-refractivity contribution in [3.05, 3.63) is 35.9 Å². The Balaban J connectivity index is 2.16. The van der Waals surface area contributed by atoms with Crippen LogP contribution in [0.3, 0.4) is 0 Å². The van der Waals surface area contributed by atoms with Gasteiger partial charge in [0.15, 0.2) is 5.72 Å². The summed E-state index contributed by atoms with van der Waals surface area (Å²) in [4.78, 5) is 0. The zero-order valence-corrected chi connectivity index (χ0v) is 8.52. The molecule has 2 atom stereocenters. The highest BCUT2D eigenvalue weighted by Crippen LogP contribution is 2.25. The summed E-state index contributed by atoms with van der Waals surface area (Å²) in [6.07, 6.45) is -0.800. The predicted octanol–water partition coefficient (Wildman–Crippen LogP) is -0.00520. The third-order valence-electron chi connectivity index (χ3n) is 2.63. The highest BCUT2D eigenvalue weighted by molar-refractivity contribution is 5.20. The molecule has 0 saturated carbocycles. The molecule has 15 heavy (non-hydrogen) atoms. The first-order valence-electron chi connectivity index (χ1n) is 5.09. The van der Waals surface area contributed by atoms with Crippen molar-refractivity contribution >= 4 is 0 Å². The Hall–Kier alpha value is -0.940. The number of morpholine rings is 1. The fourth-order valence-electron chi connectivity index (χ4n) is 1.74. The molecule has 1 saturated heterocycles. The maximum atomic E-state index is 10.1. The van der Waals surface area contributed by atoms with Crippen LogP contribution >= 0.6 is 0 Å². The van der Waals surface area contributed by atoms with Crippen LogP contribution in [-0.4, -0.2) is 30.5 Å². The summed E-state index contributed by atoms with van der Waals surface area (Å²) in [5.41, 5.74) is 5.77. The largest absolute Gasteiger partial charge is 0.384 e. The lowest BCUT2D eigenvalue weighted by Crippen LogP contribution is -2.59. The fraction of sp³-hybridized carbons (Fsp3) is 0.455. The molecule has 1 aromatic carbocycles. The van der Waals surface area contributed by atoms with Crippen LogP contribution in [-0.2, 0) is 4.74 Å². The molecule has 82 valence electrons. The lowest BCUT2D eigenvalue weighted by molar-refractivity contribution is -0.136. The molecule has 1 heterocycles. The lowest BCUT2D eigenvalue weighted by atomic mass is 9.98. The highest BCUT2D eigenvalue weighted by atomic mass is 16.5. The summed E-state index contributed by atoms with van der Waals surface area (Å²) in [6.45, 7) is 1.77. The Kier molecular flexibility index (Phi) is 3.02. The average molecular weight is 208 g/mol. The van der Waals surface area contributed by atoms with Gasteiger partial charge in [0.25, 0.3) is 0 Å². The van der Waals surface area contributed by atoms with E-state index in [0.717, 1.165) is 12.1 Å². The molecule has 0 aromatic heterocycles. The smallest absolute Gasteiger partial charge is 0.159 e. The summed E-state index contributed by atoms with van der Waals surface area (Å²) in [5.74, 6) is 0. The van der Waals surface area contributed by atoms with E-state index in [-0.39, 0.29) is 0 Å². The molecule has 1 fully saturated rings. The second-order valence-corrected chi connectivity index (χ2v) is 3.79. The standard InChI is InChI=1S/C11H16N2O2/c12-11(8-13-6-7-15-11)10(14)9-4-2-1-3-5-9/h1-5,10,13-14H,6-8,12H2. The molecule has 0 radical (unpaired) electrons. The van der Waals surface area contributed by atoms with Gasteiger partial charge in [-0.15, -0.1) is 0 Å². The van der Waals surface area contributed by atoms with E-state index in [1.807, 2.05) is 30.3 Å².